The fourth-order valence-electron chi connectivity index (χ4n) is 2.95. The molecule has 0 bridgehead atoms. The van der Waals surface area contributed by atoms with Gasteiger partial charge in [0.1, 0.15) is 0 Å². The van der Waals surface area contributed by atoms with Crippen LogP contribution < -0.4 is 0 Å². The molecule has 0 aromatic heterocycles. The summed E-state index contributed by atoms with van der Waals surface area (Å²) in [7, 11) is 0. The van der Waals surface area contributed by atoms with Crippen molar-refractivity contribution in [1.29, 1.82) is 0 Å². The maximum absolute atomic E-state index is 10.9. The fraction of sp³-hybridized carbons (Fsp3) is 0.684. The summed E-state index contributed by atoms with van der Waals surface area (Å²) in [5.74, 6) is 0. The molecule has 1 aromatic rings. The quantitative estimate of drug-likeness (QED) is 0.505. The molecular weight excluding hydrogens is 244 g/mol. The van der Waals surface area contributed by atoms with Crippen LogP contribution in [0.2, 0.25) is 0 Å². The number of hydrogen-bond donors (Lipinski definition) is 1. The molecule has 1 atom stereocenters. The molecule has 1 aromatic carbocycles. The third kappa shape index (κ3) is 6.09. The van der Waals surface area contributed by atoms with Gasteiger partial charge in [-0.2, -0.15) is 0 Å². The van der Waals surface area contributed by atoms with Gasteiger partial charge in [-0.1, -0.05) is 95.5 Å². The lowest BCUT2D eigenvalue weighted by molar-refractivity contribution is 0.0151. The van der Waals surface area contributed by atoms with Crippen molar-refractivity contribution in [2.24, 2.45) is 0 Å². The van der Waals surface area contributed by atoms with E-state index in [4.69, 9.17) is 0 Å². The molecule has 0 fully saturated rings. The van der Waals surface area contributed by atoms with Crippen molar-refractivity contribution in [1.82, 2.24) is 0 Å². The Labute approximate surface area is 125 Å². The summed E-state index contributed by atoms with van der Waals surface area (Å²) < 4.78 is 0. The zero-order valence-corrected chi connectivity index (χ0v) is 13.4. The van der Waals surface area contributed by atoms with Gasteiger partial charge in [-0.05, 0) is 18.4 Å². The Bertz CT molecular complexity index is 333. The lowest BCUT2D eigenvalue weighted by Gasteiger charge is -2.28. The summed E-state index contributed by atoms with van der Waals surface area (Å²) in [6.45, 7) is 4.41. The summed E-state index contributed by atoms with van der Waals surface area (Å²) in [6.07, 6.45) is 11.9. The standard InChI is InChI=1S/C19H32O/c1-3-5-6-7-8-9-13-17-19(20,16-4-2)18-14-11-10-12-15-18/h10-12,14-15,20H,3-9,13,16-17H2,1-2H3. The molecule has 0 aliphatic carbocycles. The number of hydrogen-bond acceptors (Lipinski definition) is 1. The third-order valence-corrected chi connectivity index (χ3v) is 4.17. The molecule has 0 amide bonds. The van der Waals surface area contributed by atoms with Crippen LogP contribution in [0.4, 0.5) is 0 Å². The summed E-state index contributed by atoms with van der Waals surface area (Å²) in [6, 6.07) is 10.2. The van der Waals surface area contributed by atoms with Crippen LogP contribution in [-0.4, -0.2) is 5.11 Å². The fourth-order valence-corrected chi connectivity index (χ4v) is 2.95. The molecule has 1 nitrogen and oxygen atoms in total. The van der Waals surface area contributed by atoms with Crippen LogP contribution >= 0.6 is 0 Å². The first-order valence-corrected chi connectivity index (χ1v) is 8.51. The van der Waals surface area contributed by atoms with E-state index in [-0.39, 0.29) is 0 Å². The van der Waals surface area contributed by atoms with Crippen molar-refractivity contribution < 1.29 is 5.11 Å². The first-order valence-electron chi connectivity index (χ1n) is 8.51. The lowest BCUT2D eigenvalue weighted by atomic mass is 9.84. The van der Waals surface area contributed by atoms with Gasteiger partial charge in [0.15, 0.2) is 0 Å². The Morgan fingerprint density at radius 3 is 1.95 bits per heavy atom. The molecule has 1 heteroatoms. The monoisotopic (exact) mass is 276 g/mol. The van der Waals surface area contributed by atoms with E-state index in [0.29, 0.717) is 0 Å². The number of unbranched alkanes of at least 4 members (excludes halogenated alkanes) is 6. The minimum Gasteiger partial charge on any atom is -0.385 e. The molecule has 1 rings (SSSR count). The van der Waals surface area contributed by atoms with E-state index in [1.54, 1.807) is 0 Å². The van der Waals surface area contributed by atoms with Gasteiger partial charge in [0, 0.05) is 0 Å². The predicted molar refractivity (Wildman–Crippen MR) is 87.9 cm³/mol. The Hall–Kier alpha value is -0.820. The second kappa shape index (κ2) is 9.99. The summed E-state index contributed by atoms with van der Waals surface area (Å²) in [4.78, 5) is 0. The molecular formula is C19H32O. The van der Waals surface area contributed by atoms with Crippen molar-refractivity contribution in [2.45, 2.75) is 83.7 Å². The van der Waals surface area contributed by atoms with Gasteiger partial charge in [-0.15, -0.1) is 0 Å². The highest BCUT2D eigenvalue weighted by atomic mass is 16.3. The molecule has 0 radical (unpaired) electrons. The highest BCUT2D eigenvalue weighted by Gasteiger charge is 2.27. The molecule has 0 saturated heterocycles. The molecule has 1 unspecified atom stereocenters. The Kier molecular flexibility index (Phi) is 8.60. The molecule has 0 aliphatic rings. The number of benzene rings is 1. The number of aliphatic hydroxyl groups is 1. The molecule has 0 heterocycles. The Balaban J connectivity index is 2.36. The van der Waals surface area contributed by atoms with E-state index >= 15 is 0 Å². The second-order valence-electron chi connectivity index (χ2n) is 6.02. The highest BCUT2D eigenvalue weighted by Crippen LogP contribution is 2.32. The molecule has 114 valence electrons. The van der Waals surface area contributed by atoms with E-state index in [0.717, 1.165) is 31.2 Å². The zero-order valence-electron chi connectivity index (χ0n) is 13.4. The minimum absolute atomic E-state index is 0.612. The first-order chi connectivity index (χ1) is 9.73. The van der Waals surface area contributed by atoms with E-state index < -0.39 is 5.60 Å². The van der Waals surface area contributed by atoms with Crippen LogP contribution in [0.3, 0.4) is 0 Å². The smallest absolute Gasteiger partial charge is 0.0896 e. The van der Waals surface area contributed by atoms with Crippen LogP contribution in [0.25, 0.3) is 0 Å². The van der Waals surface area contributed by atoms with Crippen molar-refractivity contribution in [3.05, 3.63) is 35.9 Å². The molecule has 20 heavy (non-hydrogen) atoms. The lowest BCUT2D eigenvalue weighted by Crippen LogP contribution is -2.25. The maximum Gasteiger partial charge on any atom is 0.0896 e. The first kappa shape index (κ1) is 17.2. The summed E-state index contributed by atoms with van der Waals surface area (Å²) in [5.41, 5.74) is 0.479. The van der Waals surface area contributed by atoms with Gasteiger partial charge in [0.2, 0.25) is 0 Å². The molecule has 0 aliphatic heterocycles. The highest BCUT2D eigenvalue weighted by molar-refractivity contribution is 5.22. The molecule has 0 saturated carbocycles. The van der Waals surface area contributed by atoms with Gasteiger partial charge < -0.3 is 5.11 Å². The minimum atomic E-state index is -0.612. The van der Waals surface area contributed by atoms with Crippen molar-refractivity contribution in [3.8, 4) is 0 Å². The summed E-state index contributed by atoms with van der Waals surface area (Å²) in [5, 5.41) is 10.9. The number of rotatable bonds is 11. The summed E-state index contributed by atoms with van der Waals surface area (Å²) >= 11 is 0. The maximum atomic E-state index is 10.9. The van der Waals surface area contributed by atoms with E-state index in [1.807, 2.05) is 18.2 Å². The van der Waals surface area contributed by atoms with Gasteiger partial charge in [-0.25, -0.2) is 0 Å². The topological polar surface area (TPSA) is 20.2 Å². The van der Waals surface area contributed by atoms with Crippen LogP contribution in [0, 0.1) is 0 Å². The van der Waals surface area contributed by atoms with Crippen molar-refractivity contribution >= 4 is 0 Å². The van der Waals surface area contributed by atoms with Crippen LogP contribution in [0.15, 0.2) is 30.3 Å². The third-order valence-electron chi connectivity index (χ3n) is 4.17. The second-order valence-corrected chi connectivity index (χ2v) is 6.02. The van der Waals surface area contributed by atoms with Crippen LogP contribution in [-0.2, 0) is 5.60 Å². The normalized spacial score (nSPS) is 14.2. The van der Waals surface area contributed by atoms with Crippen molar-refractivity contribution in [3.63, 3.8) is 0 Å². The van der Waals surface area contributed by atoms with E-state index in [2.05, 4.69) is 26.0 Å². The predicted octanol–water partition coefficient (Wildman–Crippen LogP) is 5.82. The van der Waals surface area contributed by atoms with Gasteiger partial charge in [-0.3, -0.25) is 0 Å². The zero-order chi connectivity index (χ0) is 14.7. The van der Waals surface area contributed by atoms with Crippen molar-refractivity contribution in [2.75, 3.05) is 0 Å². The largest absolute Gasteiger partial charge is 0.385 e. The van der Waals surface area contributed by atoms with Crippen LogP contribution in [0.1, 0.15) is 83.6 Å². The Morgan fingerprint density at radius 2 is 1.35 bits per heavy atom. The SMILES string of the molecule is CCCCCCCCCC(O)(CCC)c1ccccc1. The van der Waals surface area contributed by atoms with Gasteiger partial charge >= 0.3 is 0 Å². The molecule has 1 N–H and O–H groups in total. The Morgan fingerprint density at radius 1 is 0.750 bits per heavy atom. The van der Waals surface area contributed by atoms with E-state index in [1.165, 1.54) is 38.5 Å². The van der Waals surface area contributed by atoms with Crippen LogP contribution in [0.5, 0.6) is 0 Å². The average molecular weight is 276 g/mol. The average Bonchev–Trinajstić information content (AvgIpc) is 2.47. The molecule has 0 spiro atoms. The van der Waals surface area contributed by atoms with Gasteiger partial charge in [0.05, 0.1) is 5.60 Å². The van der Waals surface area contributed by atoms with E-state index in [9.17, 15) is 5.11 Å². The van der Waals surface area contributed by atoms with Gasteiger partial charge in [0.25, 0.3) is 0 Å².